The second-order valence-corrected chi connectivity index (χ2v) is 5.17. The van der Waals surface area contributed by atoms with E-state index in [0.717, 1.165) is 0 Å². The molecule has 0 bridgehead atoms. The standard InChI is InChI=1S/C15H13FN4O2S/c1-2-22-14(21)6-11-9-23-15(19-11)20-18-8-12-10(7-17)4-3-5-13(12)16/h3-5,8-9H,2,6H2,1H3,(H,19,20). The Morgan fingerprint density at radius 1 is 1.61 bits per heavy atom. The van der Waals surface area contributed by atoms with Gasteiger partial charge in [0.2, 0.25) is 5.13 Å². The van der Waals surface area contributed by atoms with E-state index in [2.05, 4.69) is 15.5 Å². The molecule has 0 aliphatic carbocycles. The number of rotatable bonds is 6. The Kier molecular flexibility index (Phi) is 5.77. The van der Waals surface area contributed by atoms with E-state index in [4.69, 9.17) is 10.00 Å². The van der Waals surface area contributed by atoms with Gasteiger partial charge in [0.1, 0.15) is 5.82 Å². The molecule has 8 heteroatoms. The van der Waals surface area contributed by atoms with Crippen molar-refractivity contribution in [2.45, 2.75) is 13.3 Å². The topological polar surface area (TPSA) is 87.4 Å². The van der Waals surface area contributed by atoms with Crippen LogP contribution in [0.2, 0.25) is 0 Å². The van der Waals surface area contributed by atoms with Crippen molar-refractivity contribution >= 4 is 28.7 Å². The molecule has 1 aromatic heterocycles. The minimum Gasteiger partial charge on any atom is -0.466 e. The zero-order valence-electron chi connectivity index (χ0n) is 12.2. The third kappa shape index (κ3) is 4.59. The van der Waals surface area contributed by atoms with Crippen LogP contribution in [-0.2, 0) is 16.0 Å². The van der Waals surface area contributed by atoms with E-state index in [1.54, 1.807) is 12.3 Å². The molecular formula is C15H13FN4O2S. The molecule has 0 spiro atoms. The first-order chi connectivity index (χ1) is 11.1. The van der Waals surface area contributed by atoms with Gasteiger partial charge in [-0.3, -0.25) is 10.2 Å². The highest BCUT2D eigenvalue weighted by molar-refractivity contribution is 7.13. The Morgan fingerprint density at radius 3 is 3.17 bits per heavy atom. The van der Waals surface area contributed by atoms with Crippen LogP contribution in [0, 0.1) is 17.1 Å². The number of ether oxygens (including phenoxy) is 1. The molecular weight excluding hydrogens is 319 g/mol. The lowest BCUT2D eigenvalue weighted by Gasteiger charge is -1.99. The number of nitriles is 1. The number of benzene rings is 1. The third-order valence-corrected chi connectivity index (χ3v) is 3.51. The first kappa shape index (κ1) is 16.6. The van der Waals surface area contributed by atoms with Crippen molar-refractivity contribution in [3.63, 3.8) is 0 Å². The number of aromatic nitrogens is 1. The van der Waals surface area contributed by atoms with Crippen LogP contribution in [0.3, 0.4) is 0 Å². The summed E-state index contributed by atoms with van der Waals surface area (Å²) in [5.41, 5.74) is 3.51. The summed E-state index contributed by atoms with van der Waals surface area (Å²) in [6.45, 7) is 2.06. The zero-order chi connectivity index (χ0) is 16.7. The number of hydrogen-bond donors (Lipinski definition) is 1. The minimum absolute atomic E-state index is 0.0849. The smallest absolute Gasteiger partial charge is 0.311 e. The molecule has 2 rings (SSSR count). The van der Waals surface area contributed by atoms with E-state index >= 15 is 0 Å². The van der Waals surface area contributed by atoms with Gasteiger partial charge in [-0.05, 0) is 19.1 Å². The Balaban J connectivity index is 2.01. The molecule has 1 N–H and O–H groups in total. The number of thiazole rings is 1. The van der Waals surface area contributed by atoms with Gasteiger partial charge < -0.3 is 4.74 Å². The average Bonchev–Trinajstić information content (AvgIpc) is 2.96. The maximum atomic E-state index is 13.6. The van der Waals surface area contributed by atoms with Crippen molar-refractivity contribution in [2.75, 3.05) is 12.0 Å². The number of anilines is 1. The highest BCUT2D eigenvalue weighted by Gasteiger charge is 2.08. The van der Waals surface area contributed by atoms with Crippen LogP contribution in [0.15, 0.2) is 28.7 Å². The van der Waals surface area contributed by atoms with Crippen LogP contribution in [0.25, 0.3) is 0 Å². The van der Waals surface area contributed by atoms with Crippen molar-refractivity contribution in [3.05, 3.63) is 46.2 Å². The van der Waals surface area contributed by atoms with Gasteiger partial charge in [0.05, 0.1) is 36.6 Å². The van der Waals surface area contributed by atoms with Crippen molar-refractivity contribution in [1.29, 1.82) is 5.26 Å². The van der Waals surface area contributed by atoms with Crippen molar-refractivity contribution in [1.82, 2.24) is 4.98 Å². The van der Waals surface area contributed by atoms with Crippen LogP contribution < -0.4 is 5.43 Å². The lowest BCUT2D eigenvalue weighted by atomic mass is 10.1. The maximum absolute atomic E-state index is 13.6. The number of esters is 1. The quantitative estimate of drug-likeness (QED) is 0.499. The van der Waals surface area contributed by atoms with E-state index < -0.39 is 5.82 Å². The van der Waals surface area contributed by atoms with Crippen molar-refractivity contribution in [3.8, 4) is 6.07 Å². The molecule has 0 fully saturated rings. The molecule has 2 aromatic rings. The van der Waals surface area contributed by atoms with Gasteiger partial charge in [-0.15, -0.1) is 11.3 Å². The summed E-state index contributed by atoms with van der Waals surface area (Å²) in [5, 5.41) is 15.0. The molecule has 0 radical (unpaired) electrons. The molecule has 0 saturated heterocycles. The molecule has 0 aliphatic heterocycles. The van der Waals surface area contributed by atoms with E-state index in [-0.39, 0.29) is 23.5 Å². The Bertz CT molecular complexity index is 767. The number of carbonyl (C=O) groups excluding carboxylic acids is 1. The van der Waals surface area contributed by atoms with Crippen molar-refractivity contribution < 1.29 is 13.9 Å². The molecule has 23 heavy (non-hydrogen) atoms. The van der Waals surface area contributed by atoms with Gasteiger partial charge in [0.15, 0.2) is 0 Å². The predicted molar refractivity (Wildman–Crippen MR) is 84.8 cm³/mol. The minimum atomic E-state index is -0.531. The number of hydrazone groups is 1. The fraction of sp³-hybridized carbons (Fsp3) is 0.200. The van der Waals surface area contributed by atoms with Crippen LogP contribution in [0.4, 0.5) is 9.52 Å². The highest BCUT2D eigenvalue weighted by Crippen LogP contribution is 2.16. The fourth-order valence-electron chi connectivity index (χ4n) is 1.72. The largest absolute Gasteiger partial charge is 0.466 e. The molecule has 1 heterocycles. The van der Waals surface area contributed by atoms with Crippen LogP contribution in [-0.4, -0.2) is 23.8 Å². The number of carbonyl (C=O) groups is 1. The maximum Gasteiger partial charge on any atom is 0.311 e. The summed E-state index contributed by atoms with van der Waals surface area (Å²) in [5.74, 6) is -0.880. The third-order valence-electron chi connectivity index (χ3n) is 2.71. The van der Waals surface area contributed by atoms with Gasteiger partial charge in [0.25, 0.3) is 0 Å². The monoisotopic (exact) mass is 332 g/mol. The average molecular weight is 332 g/mol. The summed E-state index contributed by atoms with van der Waals surface area (Å²) in [6, 6.07) is 6.12. The summed E-state index contributed by atoms with van der Waals surface area (Å²) < 4.78 is 18.5. The van der Waals surface area contributed by atoms with Crippen molar-refractivity contribution in [2.24, 2.45) is 5.10 Å². The molecule has 0 unspecified atom stereocenters. The summed E-state index contributed by atoms with van der Waals surface area (Å²) in [4.78, 5) is 15.5. The fourth-order valence-corrected chi connectivity index (χ4v) is 2.38. The first-order valence-corrected chi connectivity index (χ1v) is 7.59. The summed E-state index contributed by atoms with van der Waals surface area (Å²) >= 11 is 1.26. The molecule has 1 aromatic carbocycles. The van der Waals surface area contributed by atoms with Gasteiger partial charge in [-0.1, -0.05) is 6.07 Å². The van der Waals surface area contributed by atoms with E-state index in [1.807, 2.05) is 6.07 Å². The lowest BCUT2D eigenvalue weighted by Crippen LogP contribution is -2.07. The second-order valence-electron chi connectivity index (χ2n) is 4.31. The lowest BCUT2D eigenvalue weighted by molar-refractivity contribution is -0.142. The Labute approximate surface area is 136 Å². The zero-order valence-corrected chi connectivity index (χ0v) is 13.1. The molecule has 0 atom stereocenters. The molecule has 118 valence electrons. The number of nitrogens with one attached hydrogen (secondary N) is 1. The number of halogens is 1. The van der Waals surface area contributed by atoms with Gasteiger partial charge in [0, 0.05) is 10.9 Å². The first-order valence-electron chi connectivity index (χ1n) is 6.71. The summed E-state index contributed by atoms with van der Waals surface area (Å²) in [7, 11) is 0. The molecule has 6 nitrogen and oxygen atoms in total. The van der Waals surface area contributed by atoms with Crippen LogP contribution >= 0.6 is 11.3 Å². The van der Waals surface area contributed by atoms with E-state index in [0.29, 0.717) is 17.4 Å². The van der Waals surface area contributed by atoms with Crippen LogP contribution in [0.1, 0.15) is 23.7 Å². The normalized spacial score (nSPS) is 10.5. The Hall–Kier alpha value is -2.79. The SMILES string of the molecule is CCOC(=O)Cc1csc(NN=Cc2c(F)cccc2C#N)n1. The highest BCUT2D eigenvalue weighted by atomic mass is 32.1. The Morgan fingerprint density at radius 2 is 2.43 bits per heavy atom. The molecule has 0 aliphatic rings. The second kappa shape index (κ2) is 8.00. The van der Waals surface area contributed by atoms with E-state index in [9.17, 15) is 9.18 Å². The van der Waals surface area contributed by atoms with Crippen LogP contribution in [0.5, 0.6) is 0 Å². The van der Waals surface area contributed by atoms with Gasteiger partial charge in [-0.2, -0.15) is 10.4 Å². The number of nitrogens with zero attached hydrogens (tertiary/aromatic N) is 3. The molecule has 0 saturated carbocycles. The van der Waals surface area contributed by atoms with Gasteiger partial charge in [-0.25, -0.2) is 9.37 Å². The molecule has 0 amide bonds. The van der Waals surface area contributed by atoms with E-state index in [1.165, 1.54) is 35.8 Å². The predicted octanol–water partition coefficient (Wildman–Crippen LogP) is 2.71. The number of hydrogen-bond acceptors (Lipinski definition) is 7. The summed E-state index contributed by atoms with van der Waals surface area (Å²) in [6.07, 6.45) is 1.31. The van der Waals surface area contributed by atoms with Gasteiger partial charge >= 0.3 is 5.97 Å².